The van der Waals surface area contributed by atoms with Gasteiger partial charge in [0.1, 0.15) is 11.3 Å². The lowest BCUT2D eigenvalue weighted by molar-refractivity contribution is 0.258. The summed E-state index contributed by atoms with van der Waals surface area (Å²) in [6.07, 6.45) is -1.11. The first-order chi connectivity index (χ1) is 8.37. The Morgan fingerprint density at radius 2 is 2.06 bits per heavy atom. The average molecular weight is 249 g/mol. The summed E-state index contributed by atoms with van der Waals surface area (Å²) in [7, 11) is 0. The Morgan fingerprint density at radius 3 is 2.67 bits per heavy atom. The Balaban J connectivity index is 2.18. The van der Waals surface area contributed by atoms with Crippen LogP contribution < -0.4 is 5.32 Å². The van der Waals surface area contributed by atoms with Crippen molar-refractivity contribution in [2.45, 2.75) is 39.4 Å². The van der Waals surface area contributed by atoms with E-state index in [1.165, 1.54) is 0 Å². The molecule has 0 aliphatic rings. The van der Waals surface area contributed by atoms with Gasteiger partial charge in [-0.1, -0.05) is 18.2 Å². The van der Waals surface area contributed by atoms with E-state index >= 15 is 0 Å². The van der Waals surface area contributed by atoms with E-state index in [-0.39, 0.29) is 12.1 Å². The van der Waals surface area contributed by atoms with Gasteiger partial charge in [0.25, 0.3) is 0 Å². The largest absolute Gasteiger partial charge is 0.458 e. The number of benzene rings is 1. The minimum atomic E-state index is -1.11. The van der Waals surface area contributed by atoms with Crippen molar-refractivity contribution in [1.29, 1.82) is 0 Å². The van der Waals surface area contributed by atoms with Crippen molar-refractivity contribution in [3.05, 3.63) is 35.6 Å². The summed E-state index contributed by atoms with van der Waals surface area (Å²) in [5.74, 6) is 0.399. The molecule has 0 spiro atoms. The van der Waals surface area contributed by atoms with E-state index in [0.29, 0.717) is 5.76 Å². The van der Waals surface area contributed by atoms with Gasteiger partial charge in [-0.3, -0.25) is 0 Å². The molecule has 0 bridgehead atoms. The molecule has 1 atom stereocenters. The average Bonchev–Trinajstić information content (AvgIpc) is 2.70. The van der Waals surface area contributed by atoms with Crippen molar-refractivity contribution in [3.63, 3.8) is 0 Å². The smallest absolute Gasteiger partial charge is 0.170 e. The Kier molecular flexibility index (Phi) is 3.44. The zero-order valence-electron chi connectivity index (χ0n) is 11.4. The first-order valence-electron chi connectivity index (χ1n) is 6.25. The number of para-hydroxylation sites is 1. The molecule has 1 N–H and O–H groups in total. The number of hydrogen-bond donors (Lipinski definition) is 1. The van der Waals surface area contributed by atoms with Gasteiger partial charge < -0.3 is 9.73 Å². The lowest BCUT2D eigenvalue weighted by atomic mass is 10.1. The van der Waals surface area contributed by atoms with Gasteiger partial charge in [0.05, 0.1) is 0 Å². The van der Waals surface area contributed by atoms with Gasteiger partial charge in [0.15, 0.2) is 6.17 Å². The minimum Gasteiger partial charge on any atom is -0.458 e. The molecular formula is C15H20FNO. The maximum absolute atomic E-state index is 14.1. The van der Waals surface area contributed by atoms with Crippen LogP contribution in [0.3, 0.4) is 0 Å². The van der Waals surface area contributed by atoms with Crippen molar-refractivity contribution < 1.29 is 8.81 Å². The summed E-state index contributed by atoms with van der Waals surface area (Å²) < 4.78 is 19.7. The highest BCUT2D eigenvalue weighted by atomic mass is 19.1. The second-order valence-corrected chi connectivity index (χ2v) is 5.74. The lowest BCUT2D eigenvalue weighted by Crippen LogP contribution is -2.37. The molecule has 2 rings (SSSR count). The molecule has 1 aromatic carbocycles. The van der Waals surface area contributed by atoms with Crippen LogP contribution >= 0.6 is 0 Å². The van der Waals surface area contributed by atoms with Crippen molar-refractivity contribution in [1.82, 2.24) is 5.32 Å². The van der Waals surface area contributed by atoms with Crippen molar-refractivity contribution in [3.8, 4) is 0 Å². The Hall–Kier alpha value is -1.35. The third-order valence-corrected chi connectivity index (χ3v) is 2.88. The predicted octanol–water partition coefficient (Wildman–Crippen LogP) is 4.14. The summed E-state index contributed by atoms with van der Waals surface area (Å²) in [6.45, 7) is 8.28. The Labute approximate surface area is 107 Å². The van der Waals surface area contributed by atoms with Crippen molar-refractivity contribution in [2.24, 2.45) is 0 Å². The number of alkyl halides is 1. The fraction of sp³-hybridized carbons (Fsp3) is 0.467. The first-order valence-corrected chi connectivity index (χ1v) is 6.25. The molecule has 0 saturated heterocycles. The summed E-state index contributed by atoms with van der Waals surface area (Å²) in [5, 5.41) is 4.11. The number of halogens is 1. The fourth-order valence-corrected chi connectivity index (χ4v) is 1.88. The molecule has 98 valence electrons. The van der Waals surface area contributed by atoms with Crippen LogP contribution in [0.1, 0.15) is 38.3 Å². The van der Waals surface area contributed by atoms with Gasteiger partial charge in [-0.2, -0.15) is 0 Å². The van der Waals surface area contributed by atoms with E-state index in [4.69, 9.17) is 4.42 Å². The lowest BCUT2D eigenvalue weighted by Gasteiger charge is -2.21. The summed E-state index contributed by atoms with van der Waals surface area (Å²) >= 11 is 0. The third kappa shape index (κ3) is 2.91. The van der Waals surface area contributed by atoms with E-state index in [1.807, 2.05) is 45.9 Å². The van der Waals surface area contributed by atoms with Crippen LogP contribution in [0.25, 0.3) is 11.0 Å². The zero-order valence-corrected chi connectivity index (χ0v) is 11.4. The maximum atomic E-state index is 14.1. The van der Waals surface area contributed by atoms with Crippen LogP contribution in [-0.4, -0.2) is 12.1 Å². The van der Waals surface area contributed by atoms with Crippen molar-refractivity contribution >= 4 is 11.0 Å². The molecule has 1 aromatic heterocycles. The molecule has 18 heavy (non-hydrogen) atoms. The molecule has 0 aliphatic heterocycles. The van der Waals surface area contributed by atoms with Crippen LogP contribution in [-0.2, 0) is 0 Å². The van der Waals surface area contributed by atoms with E-state index in [2.05, 4.69) is 5.32 Å². The molecule has 2 aromatic rings. The molecule has 2 nitrogen and oxygen atoms in total. The van der Waals surface area contributed by atoms with Crippen LogP contribution in [0, 0.1) is 6.92 Å². The van der Waals surface area contributed by atoms with Gasteiger partial charge in [0, 0.05) is 17.5 Å². The minimum absolute atomic E-state index is 0.0910. The third-order valence-electron chi connectivity index (χ3n) is 2.88. The van der Waals surface area contributed by atoms with Crippen LogP contribution in [0.4, 0.5) is 4.39 Å². The van der Waals surface area contributed by atoms with Crippen LogP contribution in [0.2, 0.25) is 0 Å². The number of rotatable bonds is 3. The van der Waals surface area contributed by atoms with Crippen LogP contribution in [0.5, 0.6) is 0 Å². The van der Waals surface area contributed by atoms with Crippen LogP contribution in [0.15, 0.2) is 28.7 Å². The highest BCUT2D eigenvalue weighted by Gasteiger charge is 2.18. The summed E-state index contributed by atoms with van der Waals surface area (Å²) in [4.78, 5) is 0. The Bertz CT molecular complexity index is 539. The van der Waals surface area contributed by atoms with E-state index in [1.54, 1.807) is 6.07 Å². The Morgan fingerprint density at radius 1 is 1.33 bits per heavy atom. The van der Waals surface area contributed by atoms with Crippen molar-refractivity contribution in [2.75, 3.05) is 6.54 Å². The summed E-state index contributed by atoms with van der Waals surface area (Å²) in [5.41, 5.74) is 1.73. The van der Waals surface area contributed by atoms with E-state index in [0.717, 1.165) is 16.5 Å². The monoisotopic (exact) mass is 249 g/mol. The molecule has 0 fully saturated rings. The van der Waals surface area contributed by atoms with Gasteiger partial charge >= 0.3 is 0 Å². The molecule has 0 saturated carbocycles. The van der Waals surface area contributed by atoms with Gasteiger partial charge in [-0.05, 0) is 39.3 Å². The normalized spacial score (nSPS) is 14.1. The molecule has 0 amide bonds. The molecule has 1 heterocycles. The second kappa shape index (κ2) is 4.73. The fourth-order valence-electron chi connectivity index (χ4n) is 1.88. The predicted molar refractivity (Wildman–Crippen MR) is 72.6 cm³/mol. The van der Waals surface area contributed by atoms with Gasteiger partial charge in [0.2, 0.25) is 0 Å². The molecule has 1 unspecified atom stereocenters. The highest BCUT2D eigenvalue weighted by Crippen LogP contribution is 2.28. The number of nitrogens with one attached hydrogen (secondary N) is 1. The summed E-state index contributed by atoms with van der Waals surface area (Å²) in [6, 6.07) is 7.66. The quantitative estimate of drug-likeness (QED) is 0.884. The first kappa shape index (κ1) is 13.1. The number of fused-ring (bicyclic) bond motifs is 1. The number of aryl methyl sites for hydroxylation is 1. The molecule has 0 aliphatic carbocycles. The second-order valence-electron chi connectivity index (χ2n) is 5.74. The van der Waals surface area contributed by atoms with E-state index < -0.39 is 6.17 Å². The maximum Gasteiger partial charge on any atom is 0.170 e. The zero-order chi connectivity index (χ0) is 13.3. The number of furan rings is 1. The molecular weight excluding hydrogens is 229 g/mol. The SMILES string of the molecule is Cc1cccc2cc(C(F)CNC(C)(C)C)oc12. The standard InChI is InChI=1S/C15H20FNO/c1-10-6-5-7-11-8-13(18-14(10)11)12(16)9-17-15(2,3)4/h5-8,12,17H,9H2,1-4H3. The van der Waals surface area contributed by atoms with E-state index in [9.17, 15) is 4.39 Å². The number of hydrogen-bond acceptors (Lipinski definition) is 2. The van der Waals surface area contributed by atoms with Gasteiger partial charge in [-0.15, -0.1) is 0 Å². The highest BCUT2D eigenvalue weighted by molar-refractivity contribution is 5.80. The topological polar surface area (TPSA) is 25.2 Å². The molecule has 0 radical (unpaired) electrons. The van der Waals surface area contributed by atoms with Gasteiger partial charge in [-0.25, -0.2) is 4.39 Å². The molecule has 3 heteroatoms.